The Kier molecular flexibility index (Phi) is 4.28. The molecule has 1 aromatic carbocycles. The average molecular weight is 285 g/mol. The van der Waals surface area contributed by atoms with Crippen molar-refractivity contribution in [1.29, 1.82) is 0 Å². The van der Waals surface area contributed by atoms with E-state index in [-0.39, 0.29) is 11.8 Å². The molecule has 1 fully saturated rings. The summed E-state index contributed by atoms with van der Waals surface area (Å²) in [4.78, 5) is 11.6. The molecule has 1 N–H and O–H groups in total. The van der Waals surface area contributed by atoms with E-state index in [0.29, 0.717) is 6.54 Å². The van der Waals surface area contributed by atoms with Gasteiger partial charge in [-0.1, -0.05) is 19.4 Å². The van der Waals surface area contributed by atoms with E-state index in [0.717, 1.165) is 31.3 Å². The molecule has 0 spiro atoms. The Balaban J connectivity index is 1.64. The van der Waals surface area contributed by atoms with E-state index in [1.807, 2.05) is 6.26 Å². The first-order valence-corrected chi connectivity index (χ1v) is 8.04. The van der Waals surface area contributed by atoms with E-state index in [1.165, 1.54) is 29.4 Å². The fraction of sp³-hybridized carbons (Fsp3) is 0.500. The van der Waals surface area contributed by atoms with Gasteiger partial charge in [-0.25, -0.2) is 0 Å². The summed E-state index contributed by atoms with van der Waals surface area (Å²) >= 11 is 0. The number of carbonyl (C=O) groups excluding carboxylic acids is 1. The summed E-state index contributed by atoms with van der Waals surface area (Å²) in [6.07, 6.45) is 8.33. The van der Waals surface area contributed by atoms with Crippen molar-refractivity contribution in [2.24, 2.45) is 5.92 Å². The number of hydrogen-bond acceptors (Lipinski definition) is 2. The van der Waals surface area contributed by atoms with Gasteiger partial charge in [-0.2, -0.15) is 0 Å². The van der Waals surface area contributed by atoms with E-state index in [1.54, 1.807) is 0 Å². The third-order valence-electron chi connectivity index (χ3n) is 4.18. The van der Waals surface area contributed by atoms with Crippen molar-refractivity contribution in [2.75, 3.05) is 6.54 Å². The maximum Gasteiger partial charge on any atom is 0.223 e. The lowest BCUT2D eigenvalue weighted by Crippen LogP contribution is -2.26. The highest BCUT2D eigenvalue weighted by atomic mass is 16.3. The van der Waals surface area contributed by atoms with Crippen LogP contribution in [0.25, 0.3) is 11.0 Å². The highest BCUT2D eigenvalue weighted by Crippen LogP contribution is 2.28. The number of rotatable bonds is 7. The second-order valence-electron chi connectivity index (χ2n) is 6.01. The maximum atomic E-state index is 11.6. The summed E-state index contributed by atoms with van der Waals surface area (Å²) < 4.78 is 5.61. The summed E-state index contributed by atoms with van der Waals surface area (Å²) in [5.74, 6) is 0.498. The van der Waals surface area contributed by atoms with Crippen molar-refractivity contribution < 1.29 is 9.21 Å². The van der Waals surface area contributed by atoms with Crippen LogP contribution in [-0.2, 0) is 17.6 Å². The summed E-state index contributed by atoms with van der Waals surface area (Å²) in [5.41, 5.74) is 3.51. The molecule has 112 valence electrons. The van der Waals surface area contributed by atoms with Crippen molar-refractivity contribution in [3.8, 4) is 0 Å². The number of hydrogen-bond donors (Lipinski definition) is 1. The minimum atomic E-state index is 0.214. The number of amides is 1. The molecule has 0 radical (unpaired) electrons. The van der Waals surface area contributed by atoms with Crippen LogP contribution in [0.3, 0.4) is 0 Å². The molecule has 0 unspecified atom stereocenters. The van der Waals surface area contributed by atoms with Crippen LogP contribution < -0.4 is 5.32 Å². The predicted molar refractivity (Wildman–Crippen MR) is 84.3 cm³/mol. The normalized spacial score (nSPS) is 14.5. The molecule has 3 rings (SSSR count). The zero-order valence-electron chi connectivity index (χ0n) is 12.7. The van der Waals surface area contributed by atoms with Crippen LogP contribution in [0.4, 0.5) is 0 Å². The standard InChI is InChI=1S/C18H23NO2/c1-2-3-4-13-5-8-17-16(11-13)15(12-21-17)9-10-19-18(20)14-6-7-14/h5,8,11-12,14H,2-4,6-7,9-10H2,1H3,(H,19,20). The van der Waals surface area contributed by atoms with Crippen molar-refractivity contribution in [3.05, 3.63) is 35.6 Å². The Bertz CT molecular complexity index is 625. The van der Waals surface area contributed by atoms with Gasteiger partial charge in [0.25, 0.3) is 0 Å². The zero-order chi connectivity index (χ0) is 14.7. The number of furan rings is 1. The molecule has 0 aliphatic heterocycles. The summed E-state index contributed by atoms with van der Waals surface area (Å²) in [6, 6.07) is 6.46. The highest BCUT2D eigenvalue weighted by Gasteiger charge is 2.29. The molecule has 3 heteroatoms. The lowest BCUT2D eigenvalue weighted by Gasteiger charge is -2.04. The van der Waals surface area contributed by atoms with Gasteiger partial charge in [-0.3, -0.25) is 4.79 Å². The molecule has 3 nitrogen and oxygen atoms in total. The van der Waals surface area contributed by atoms with Gasteiger partial charge in [0.05, 0.1) is 6.26 Å². The Hall–Kier alpha value is -1.77. The number of fused-ring (bicyclic) bond motifs is 1. The summed E-state index contributed by atoms with van der Waals surface area (Å²) in [5, 5.41) is 4.21. The van der Waals surface area contributed by atoms with E-state index >= 15 is 0 Å². The van der Waals surface area contributed by atoms with Gasteiger partial charge in [0.2, 0.25) is 5.91 Å². The Morgan fingerprint density at radius 2 is 2.19 bits per heavy atom. The molecule has 21 heavy (non-hydrogen) atoms. The lowest BCUT2D eigenvalue weighted by atomic mass is 10.0. The molecule has 0 saturated heterocycles. The predicted octanol–water partition coefficient (Wildman–Crippen LogP) is 3.84. The van der Waals surface area contributed by atoms with Crippen molar-refractivity contribution >= 4 is 16.9 Å². The molecular formula is C18H23NO2. The maximum absolute atomic E-state index is 11.6. The van der Waals surface area contributed by atoms with Crippen molar-refractivity contribution in [1.82, 2.24) is 5.32 Å². The first kappa shape index (κ1) is 14.2. The molecule has 1 aromatic heterocycles. The van der Waals surface area contributed by atoms with Gasteiger partial charge >= 0.3 is 0 Å². The number of carbonyl (C=O) groups is 1. The van der Waals surface area contributed by atoms with Crippen LogP contribution >= 0.6 is 0 Å². The van der Waals surface area contributed by atoms with Gasteiger partial charge < -0.3 is 9.73 Å². The number of unbranched alkanes of at least 4 members (excludes halogenated alkanes) is 1. The molecule has 2 aromatic rings. The average Bonchev–Trinajstić information content (AvgIpc) is 3.28. The number of aryl methyl sites for hydroxylation is 1. The molecule has 1 heterocycles. The van der Waals surface area contributed by atoms with Crippen LogP contribution in [0.5, 0.6) is 0 Å². The lowest BCUT2D eigenvalue weighted by molar-refractivity contribution is -0.122. The van der Waals surface area contributed by atoms with E-state index in [4.69, 9.17) is 4.42 Å². The van der Waals surface area contributed by atoms with Gasteiger partial charge in [0.15, 0.2) is 0 Å². The Labute approximate surface area is 125 Å². The van der Waals surface area contributed by atoms with Crippen LogP contribution in [-0.4, -0.2) is 12.5 Å². The molecule has 1 aliphatic rings. The molecule has 0 bridgehead atoms. The monoisotopic (exact) mass is 285 g/mol. The minimum Gasteiger partial charge on any atom is -0.464 e. The van der Waals surface area contributed by atoms with Crippen LogP contribution in [0.2, 0.25) is 0 Å². The minimum absolute atomic E-state index is 0.214. The van der Waals surface area contributed by atoms with Gasteiger partial charge in [-0.15, -0.1) is 0 Å². The van der Waals surface area contributed by atoms with Gasteiger partial charge in [-0.05, 0) is 55.4 Å². The Morgan fingerprint density at radius 1 is 1.33 bits per heavy atom. The van der Waals surface area contributed by atoms with E-state index in [9.17, 15) is 4.79 Å². The second kappa shape index (κ2) is 6.33. The van der Waals surface area contributed by atoms with Crippen molar-refractivity contribution in [3.63, 3.8) is 0 Å². The van der Waals surface area contributed by atoms with Crippen LogP contribution in [0.15, 0.2) is 28.9 Å². The molecule has 0 atom stereocenters. The highest BCUT2D eigenvalue weighted by molar-refractivity contribution is 5.82. The first-order valence-electron chi connectivity index (χ1n) is 8.04. The number of nitrogens with one attached hydrogen (secondary N) is 1. The summed E-state index contributed by atoms with van der Waals surface area (Å²) in [6.45, 7) is 2.91. The fourth-order valence-electron chi connectivity index (χ4n) is 2.67. The SMILES string of the molecule is CCCCc1ccc2occ(CCNC(=O)C3CC3)c2c1. The van der Waals surface area contributed by atoms with Gasteiger partial charge in [0.1, 0.15) is 5.58 Å². The third kappa shape index (κ3) is 3.46. The van der Waals surface area contributed by atoms with Crippen LogP contribution in [0, 0.1) is 5.92 Å². The Morgan fingerprint density at radius 3 is 2.95 bits per heavy atom. The molecule has 1 saturated carbocycles. The van der Waals surface area contributed by atoms with E-state index < -0.39 is 0 Å². The topological polar surface area (TPSA) is 42.2 Å². The van der Waals surface area contributed by atoms with Gasteiger partial charge in [0, 0.05) is 17.8 Å². The molecule has 1 aliphatic carbocycles. The molecular weight excluding hydrogens is 262 g/mol. The van der Waals surface area contributed by atoms with Crippen LogP contribution in [0.1, 0.15) is 43.7 Å². The third-order valence-corrected chi connectivity index (χ3v) is 4.18. The smallest absolute Gasteiger partial charge is 0.223 e. The first-order chi connectivity index (χ1) is 10.3. The number of benzene rings is 1. The quantitative estimate of drug-likeness (QED) is 0.839. The zero-order valence-corrected chi connectivity index (χ0v) is 12.7. The molecule has 1 amide bonds. The second-order valence-corrected chi connectivity index (χ2v) is 6.01. The van der Waals surface area contributed by atoms with Crippen molar-refractivity contribution in [2.45, 2.75) is 45.4 Å². The van der Waals surface area contributed by atoms with E-state index in [2.05, 4.69) is 30.4 Å². The summed E-state index contributed by atoms with van der Waals surface area (Å²) in [7, 11) is 0. The largest absolute Gasteiger partial charge is 0.464 e. The fourth-order valence-corrected chi connectivity index (χ4v) is 2.67.